The Morgan fingerprint density at radius 2 is 1.83 bits per heavy atom. The number of hydrogen-bond acceptors (Lipinski definition) is 11. The third-order valence-corrected chi connectivity index (χ3v) is 13.5. The molecule has 7 rings (SSSR count). The molecule has 1 amide bonds. The maximum Gasteiger partial charge on any atom is 0.410 e. The molecule has 11 nitrogen and oxygen atoms in total. The van der Waals surface area contributed by atoms with Crippen LogP contribution in [-0.2, 0) is 25.6 Å². The number of oxime groups is 1. The van der Waals surface area contributed by atoms with Crippen molar-refractivity contribution in [1.82, 2.24) is 4.90 Å². The standard InChI is InChI=1S/C50H63FN2O9S/c1-3-27-60-50-45(53(49(56)57-4-2)34-35-19-21-37(51)22-20-35)33-43(52-62-46-18-10-13-28-59-46)41-31-36(14-8-11-25-54)40(17-9-12-26-55)47(48(41)50)42-32-38(23-24-44(42)61-50)58-29-30-63-39-15-6-5-7-16-39/h3,5-7,15-16,19-24,31-32,36,40,45-48,54-55H,1,4,8-14,17-18,25-30,33-34H2,2H3. The average Bonchev–Trinajstić information content (AvgIpc) is 3.31. The van der Waals surface area contributed by atoms with Crippen molar-refractivity contribution in [1.29, 1.82) is 0 Å². The molecule has 3 aromatic rings. The number of aliphatic hydroxyl groups is 2. The van der Waals surface area contributed by atoms with Gasteiger partial charge in [-0.05, 0) is 111 Å². The van der Waals surface area contributed by atoms with Crippen molar-refractivity contribution in [3.63, 3.8) is 0 Å². The van der Waals surface area contributed by atoms with E-state index in [0.29, 0.717) is 49.5 Å². The second kappa shape index (κ2) is 23.0. The molecule has 0 aromatic heterocycles. The van der Waals surface area contributed by atoms with Crippen LogP contribution >= 0.6 is 11.8 Å². The van der Waals surface area contributed by atoms with Crippen molar-refractivity contribution in [3.05, 3.63) is 114 Å². The minimum absolute atomic E-state index is 0.0398. The first-order chi connectivity index (χ1) is 30.9. The van der Waals surface area contributed by atoms with E-state index in [9.17, 15) is 19.4 Å². The third kappa shape index (κ3) is 11.3. The van der Waals surface area contributed by atoms with Crippen LogP contribution in [0.15, 0.2) is 107 Å². The Morgan fingerprint density at radius 3 is 2.56 bits per heavy atom. The molecule has 13 heteroatoms. The highest BCUT2D eigenvalue weighted by atomic mass is 32.2. The fourth-order valence-corrected chi connectivity index (χ4v) is 10.5. The summed E-state index contributed by atoms with van der Waals surface area (Å²) in [7, 11) is 0. The van der Waals surface area contributed by atoms with Gasteiger partial charge in [-0.15, -0.1) is 18.3 Å². The van der Waals surface area contributed by atoms with Crippen LogP contribution in [0.1, 0.15) is 88.2 Å². The van der Waals surface area contributed by atoms with Crippen molar-refractivity contribution in [2.24, 2.45) is 22.9 Å². The molecule has 2 heterocycles. The second-order valence-corrected chi connectivity index (χ2v) is 17.8. The van der Waals surface area contributed by atoms with Gasteiger partial charge in [0.1, 0.15) is 23.4 Å². The fraction of sp³-hybridized carbons (Fsp3) is 0.520. The number of nitrogens with zero attached hydrogens (tertiary/aromatic N) is 2. The molecule has 2 aliphatic carbocycles. The van der Waals surface area contributed by atoms with E-state index in [-0.39, 0.29) is 63.0 Å². The van der Waals surface area contributed by atoms with Gasteiger partial charge in [-0.2, -0.15) is 0 Å². The monoisotopic (exact) mass is 886 g/mol. The zero-order valence-electron chi connectivity index (χ0n) is 36.4. The Balaban J connectivity index is 1.39. The molecule has 63 heavy (non-hydrogen) atoms. The van der Waals surface area contributed by atoms with Gasteiger partial charge in [0.15, 0.2) is 0 Å². The number of fused-ring (bicyclic) bond motifs is 2. The van der Waals surface area contributed by atoms with E-state index in [1.165, 1.54) is 17.0 Å². The predicted molar refractivity (Wildman–Crippen MR) is 241 cm³/mol. The van der Waals surface area contributed by atoms with Crippen molar-refractivity contribution < 1.29 is 47.9 Å². The van der Waals surface area contributed by atoms with Gasteiger partial charge in [0.25, 0.3) is 0 Å². The summed E-state index contributed by atoms with van der Waals surface area (Å²) in [5, 5.41) is 24.9. The Labute approximate surface area is 375 Å². The molecular weight excluding hydrogens is 824 g/mol. The van der Waals surface area contributed by atoms with E-state index < -0.39 is 30.1 Å². The lowest BCUT2D eigenvalue weighted by Crippen LogP contribution is -2.70. The molecule has 1 saturated carbocycles. The van der Waals surface area contributed by atoms with Crippen LogP contribution in [0, 0.1) is 23.6 Å². The number of halogens is 1. The Bertz CT molecular complexity index is 1990. The second-order valence-electron chi connectivity index (χ2n) is 16.6. The number of allylic oxidation sites excluding steroid dienone is 1. The quantitative estimate of drug-likeness (QED) is 0.0436. The van der Waals surface area contributed by atoms with Crippen LogP contribution < -0.4 is 9.47 Å². The fourth-order valence-electron chi connectivity index (χ4n) is 9.79. The summed E-state index contributed by atoms with van der Waals surface area (Å²) in [4.78, 5) is 23.5. The highest BCUT2D eigenvalue weighted by Crippen LogP contribution is 2.62. The molecule has 7 unspecified atom stereocenters. The summed E-state index contributed by atoms with van der Waals surface area (Å²) >= 11 is 1.74. The Hall–Kier alpha value is -4.40. The van der Waals surface area contributed by atoms with Crippen molar-refractivity contribution in [3.8, 4) is 11.5 Å². The van der Waals surface area contributed by atoms with Crippen molar-refractivity contribution in [2.45, 2.75) is 107 Å². The molecule has 2 fully saturated rings. The molecular formula is C50H63FN2O9S. The van der Waals surface area contributed by atoms with Crippen LogP contribution in [0.5, 0.6) is 11.5 Å². The van der Waals surface area contributed by atoms with E-state index in [4.69, 9.17) is 33.7 Å². The molecule has 340 valence electrons. The number of carbonyl (C=O) groups is 1. The van der Waals surface area contributed by atoms with Gasteiger partial charge < -0.3 is 38.7 Å². The number of benzene rings is 3. The summed E-state index contributed by atoms with van der Waals surface area (Å²) in [6.07, 6.45) is 10.3. The average molecular weight is 887 g/mol. The number of ether oxygens (including phenoxy) is 5. The molecule has 0 bridgehead atoms. The summed E-state index contributed by atoms with van der Waals surface area (Å²) in [6, 6.07) is 21.5. The maximum absolute atomic E-state index is 14.4. The lowest BCUT2D eigenvalue weighted by Gasteiger charge is -2.59. The molecule has 2 N–H and O–H groups in total. The number of thioether (sulfide) groups is 1. The summed E-state index contributed by atoms with van der Waals surface area (Å²) < 4.78 is 47.0. The molecule has 1 saturated heterocycles. The van der Waals surface area contributed by atoms with Crippen molar-refractivity contribution >= 4 is 23.6 Å². The predicted octanol–water partition coefficient (Wildman–Crippen LogP) is 9.82. The van der Waals surface area contributed by atoms with E-state index in [1.54, 1.807) is 41.8 Å². The molecule has 7 atom stereocenters. The molecule has 2 aliphatic heterocycles. The maximum atomic E-state index is 14.4. The number of amides is 1. The minimum atomic E-state index is -1.48. The molecule has 4 aliphatic rings. The van der Waals surface area contributed by atoms with E-state index >= 15 is 0 Å². The normalized spacial score (nSPS) is 25.5. The molecule has 3 aromatic carbocycles. The zero-order chi connectivity index (χ0) is 44.0. The first-order valence-corrected chi connectivity index (χ1v) is 23.7. The first-order valence-electron chi connectivity index (χ1n) is 22.7. The summed E-state index contributed by atoms with van der Waals surface area (Å²) in [6.45, 7) is 7.38. The highest BCUT2D eigenvalue weighted by molar-refractivity contribution is 7.99. The van der Waals surface area contributed by atoms with Gasteiger partial charge in [-0.25, -0.2) is 9.18 Å². The van der Waals surface area contributed by atoms with Crippen LogP contribution in [0.4, 0.5) is 9.18 Å². The highest BCUT2D eigenvalue weighted by Gasteiger charge is 2.65. The topological polar surface area (TPSA) is 129 Å². The lowest BCUT2D eigenvalue weighted by atomic mass is 9.55. The summed E-state index contributed by atoms with van der Waals surface area (Å²) in [5.74, 6) is -0.402. The smallest absolute Gasteiger partial charge is 0.410 e. The van der Waals surface area contributed by atoms with Crippen LogP contribution in [-0.4, -0.2) is 90.4 Å². The van der Waals surface area contributed by atoms with E-state index in [2.05, 4.69) is 30.9 Å². The SMILES string of the molecule is C=CCOC12Oc3ccc(OCCSc4ccccc4)cc3C3C(CCCCO)C(CCCCO)C=C(C(=NOC4CCCCO4)CC1N(Cc1ccc(F)cc1)C(=O)OCC)C32. The van der Waals surface area contributed by atoms with Gasteiger partial charge in [0.05, 0.1) is 38.1 Å². The largest absolute Gasteiger partial charge is 0.493 e. The number of hydrogen-bond donors (Lipinski definition) is 2. The molecule has 0 spiro atoms. The number of carbonyl (C=O) groups excluding carboxylic acids is 1. The van der Waals surface area contributed by atoms with Crippen LogP contribution in [0.3, 0.4) is 0 Å². The zero-order valence-corrected chi connectivity index (χ0v) is 37.2. The van der Waals surface area contributed by atoms with Gasteiger partial charge in [-0.1, -0.05) is 60.5 Å². The number of rotatable bonds is 22. The van der Waals surface area contributed by atoms with Gasteiger partial charge in [0.2, 0.25) is 12.1 Å². The Kier molecular flexibility index (Phi) is 17.0. The van der Waals surface area contributed by atoms with Gasteiger partial charge in [-0.3, -0.25) is 4.90 Å². The van der Waals surface area contributed by atoms with Crippen LogP contribution in [0.2, 0.25) is 0 Å². The first kappa shape index (κ1) is 46.6. The van der Waals surface area contributed by atoms with Gasteiger partial charge in [0, 0.05) is 54.7 Å². The number of aliphatic hydroxyl groups excluding tert-OH is 2. The minimum Gasteiger partial charge on any atom is -0.493 e. The third-order valence-electron chi connectivity index (χ3n) is 12.6. The van der Waals surface area contributed by atoms with E-state index in [1.807, 2.05) is 30.3 Å². The summed E-state index contributed by atoms with van der Waals surface area (Å²) in [5.41, 5.74) is 3.25. The number of unbranched alkanes of at least 4 members (excludes halogenated alkanes) is 2. The Morgan fingerprint density at radius 1 is 1.03 bits per heavy atom. The van der Waals surface area contributed by atoms with E-state index in [0.717, 1.165) is 61.2 Å². The van der Waals surface area contributed by atoms with Crippen LogP contribution in [0.25, 0.3) is 0 Å². The van der Waals surface area contributed by atoms with Gasteiger partial charge >= 0.3 is 6.09 Å². The molecule has 0 radical (unpaired) electrons. The van der Waals surface area contributed by atoms with Crippen molar-refractivity contribution in [2.75, 3.05) is 45.4 Å². The lowest BCUT2D eigenvalue weighted by molar-refractivity contribution is -0.256.